The summed E-state index contributed by atoms with van der Waals surface area (Å²) in [5, 5.41) is 3.31. The maximum atomic E-state index is 11.5. The van der Waals surface area contributed by atoms with E-state index in [0.717, 1.165) is 38.8 Å². The van der Waals surface area contributed by atoms with Crippen LogP contribution in [-0.4, -0.2) is 57.9 Å². The lowest BCUT2D eigenvalue weighted by atomic mass is 10.0. The molecule has 0 aromatic heterocycles. The number of hydrogen-bond donors (Lipinski definition) is 1. The third kappa shape index (κ3) is 4.19. The molecule has 1 atom stereocenters. The molecule has 2 rings (SSSR count). The molecule has 2 heterocycles. The summed E-state index contributed by atoms with van der Waals surface area (Å²) < 4.78 is 30.5. The van der Waals surface area contributed by atoms with Crippen LogP contribution in [0.25, 0.3) is 0 Å². The summed E-state index contributed by atoms with van der Waals surface area (Å²) in [5.41, 5.74) is 0. The van der Waals surface area contributed by atoms with Crippen molar-refractivity contribution >= 4 is 10.0 Å². The minimum absolute atomic E-state index is 0.361. The Kier molecular flexibility index (Phi) is 5.00. The number of rotatable bonds is 4. The second kappa shape index (κ2) is 6.32. The van der Waals surface area contributed by atoms with Gasteiger partial charge in [0, 0.05) is 13.1 Å². The lowest BCUT2D eigenvalue weighted by molar-refractivity contribution is 0.00225. The number of sulfonamides is 1. The molecule has 2 aliphatic heterocycles. The van der Waals surface area contributed by atoms with E-state index in [9.17, 15) is 8.42 Å². The van der Waals surface area contributed by atoms with Crippen molar-refractivity contribution in [3.63, 3.8) is 0 Å². The topological polar surface area (TPSA) is 58.6 Å². The maximum absolute atomic E-state index is 11.5. The summed E-state index contributed by atoms with van der Waals surface area (Å²) >= 11 is 0. The largest absolute Gasteiger partial charge is 0.378 e. The molecule has 0 spiro atoms. The molecule has 0 bridgehead atoms. The summed E-state index contributed by atoms with van der Waals surface area (Å²) in [6.45, 7) is 4.07. The monoisotopic (exact) mass is 276 g/mol. The molecule has 0 amide bonds. The average molecular weight is 276 g/mol. The fourth-order valence-electron chi connectivity index (χ4n) is 2.70. The number of hydrogen-bond acceptors (Lipinski definition) is 4. The van der Waals surface area contributed by atoms with Gasteiger partial charge in [-0.2, -0.15) is 0 Å². The predicted octanol–water partition coefficient (Wildman–Crippen LogP) is 0.427. The molecular weight excluding hydrogens is 252 g/mol. The van der Waals surface area contributed by atoms with E-state index >= 15 is 0 Å². The Morgan fingerprint density at radius 2 is 2.00 bits per heavy atom. The summed E-state index contributed by atoms with van der Waals surface area (Å²) in [6.07, 6.45) is 5.83. The summed E-state index contributed by atoms with van der Waals surface area (Å²) in [6, 6.07) is 0. The van der Waals surface area contributed by atoms with Crippen molar-refractivity contribution in [3.8, 4) is 0 Å². The molecule has 6 heteroatoms. The third-order valence-electron chi connectivity index (χ3n) is 3.80. The first-order valence-electron chi connectivity index (χ1n) is 6.83. The second-order valence-corrected chi connectivity index (χ2v) is 7.39. The van der Waals surface area contributed by atoms with E-state index in [1.165, 1.54) is 6.26 Å². The average Bonchev–Trinajstić information content (AvgIpc) is 2.37. The molecule has 0 aromatic carbocycles. The molecule has 0 aliphatic carbocycles. The van der Waals surface area contributed by atoms with E-state index in [1.54, 1.807) is 4.31 Å². The fourth-order valence-corrected chi connectivity index (χ4v) is 3.64. The van der Waals surface area contributed by atoms with Gasteiger partial charge in [0.05, 0.1) is 19.0 Å². The smallest absolute Gasteiger partial charge is 0.211 e. The van der Waals surface area contributed by atoms with Crippen LogP contribution in [0.5, 0.6) is 0 Å². The van der Waals surface area contributed by atoms with Gasteiger partial charge in [0.15, 0.2) is 0 Å². The van der Waals surface area contributed by atoms with Gasteiger partial charge in [-0.15, -0.1) is 0 Å². The third-order valence-corrected chi connectivity index (χ3v) is 5.07. The van der Waals surface area contributed by atoms with Gasteiger partial charge in [0.2, 0.25) is 10.0 Å². The highest BCUT2D eigenvalue weighted by molar-refractivity contribution is 7.88. The van der Waals surface area contributed by atoms with Crippen LogP contribution in [0.15, 0.2) is 0 Å². The highest BCUT2D eigenvalue weighted by Crippen LogP contribution is 2.20. The zero-order valence-electron chi connectivity index (χ0n) is 11.1. The SMILES string of the molecule is CS(=O)(=O)N1CCCC(COC2CCNCC2)C1. The normalized spacial score (nSPS) is 28.4. The van der Waals surface area contributed by atoms with E-state index in [1.807, 2.05) is 0 Å². The summed E-state index contributed by atoms with van der Waals surface area (Å²) in [7, 11) is -3.03. The van der Waals surface area contributed by atoms with Gasteiger partial charge in [0.25, 0.3) is 0 Å². The quantitative estimate of drug-likeness (QED) is 0.809. The maximum Gasteiger partial charge on any atom is 0.211 e. The minimum atomic E-state index is -3.03. The summed E-state index contributed by atoms with van der Waals surface area (Å²) in [5.74, 6) is 0.364. The molecule has 2 fully saturated rings. The van der Waals surface area contributed by atoms with E-state index < -0.39 is 10.0 Å². The Morgan fingerprint density at radius 3 is 2.67 bits per heavy atom. The van der Waals surface area contributed by atoms with Gasteiger partial charge in [-0.3, -0.25) is 0 Å². The molecule has 0 radical (unpaired) electrons. The van der Waals surface area contributed by atoms with Crippen LogP contribution < -0.4 is 5.32 Å². The van der Waals surface area contributed by atoms with Gasteiger partial charge in [-0.1, -0.05) is 0 Å². The van der Waals surface area contributed by atoms with Crippen LogP contribution in [0.2, 0.25) is 0 Å². The minimum Gasteiger partial charge on any atom is -0.378 e. The fraction of sp³-hybridized carbons (Fsp3) is 1.00. The van der Waals surface area contributed by atoms with Crippen LogP contribution in [-0.2, 0) is 14.8 Å². The lowest BCUT2D eigenvalue weighted by Crippen LogP contribution is -2.41. The zero-order valence-corrected chi connectivity index (χ0v) is 11.9. The van der Waals surface area contributed by atoms with Crippen LogP contribution in [0.3, 0.4) is 0 Å². The highest BCUT2D eigenvalue weighted by Gasteiger charge is 2.26. The number of piperidine rings is 2. The number of ether oxygens (including phenoxy) is 1. The standard InChI is InChI=1S/C12H24N2O3S/c1-18(15,16)14-8-2-3-11(9-14)10-17-12-4-6-13-7-5-12/h11-13H,2-10H2,1H3. The van der Waals surface area contributed by atoms with Crippen LogP contribution in [0.1, 0.15) is 25.7 Å². The molecule has 0 saturated carbocycles. The molecule has 1 N–H and O–H groups in total. The van der Waals surface area contributed by atoms with E-state index in [2.05, 4.69) is 5.32 Å². The van der Waals surface area contributed by atoms with Crippen molar-refractivity contribution in [1.29, 1.82) is 0 Å². The van der Waals surface area contributed by atoms with Crippen molar-refractivity contribution in [2.45, 2.75) is 31.8 Å². The first-order chi connectivity index (χ1) is 8.55. The predicted molar refractivity (Wildman–Crippen MR) is 71.0 cm³/mol. The molecule has 1 unspecified atom stereocenters. The van der Waals surface area contributed by atoms with E-state index in [4.69, 9.17) is 4.74 Å². The first kappa shape index (κ1) is 14.2. The van der Waals surface area contributed by atoms with Gasteiger partial charge < -0.3 is 10.1 Å². The van der Waals surface area contributed by atoms with Crippen molar-refractivity contribution in [1.82, 2.24) is 9.62 Å². The molecule has 106 valence electrons. The molecule has 2 saturated heterocycles. The second-order valence-electron chi connectivity index (χ2n) is 5.41. The molecular formula is C12H24N2O3S. The van der Waals surface area contributed by atoms with Crippen LogP contribution in [0.4, 0.5) is 0 Å². The van der Waals surface area contributed by atoms with Crippen LogP contribution >= 0.6 is 0 Å². The van der Waals surface area contributed by atoms with Crippen molar-refractivity contribution in [3.05, 3.63) is 0 Å². The lowest BCUT2D eigenvalue weighted by Gasteiger charge is -2.32. The van der Waals surface area contributed by atoms with Crippen LogP contribution in [0, 0.1) is 5.92 Å². The first-order valence-corrected chi connectivity index (χ1v) is 8.68. The van der Waals surface area contributed by atoms with Gasteiger partial charge in [-0.25, -0.2) is 12.7 Å². The Balaban J connectivity index is 1.75. The number of nitrogens with one attached hydrogen (secondary N) is 1. The Labute approximate surface area is 110 Å². The van der Waals surface area contributed by atoms with Gasteiger partial charge in [-0.05, 0) is 44.7 Å². The van der Waals surface area contributed by atoms with Crippen molar-refractivity contribution in [2.75, 3.05) is 39.0 Å². The van der Waals surface area contributed by atoms with Gasteiger partial charge >= 0.3 is 0 Å². The zero-order chi connectivity index (χ0) is 13.0. The molecule has 0 aromatic rings. The Morgan fingerprint density at radius 1 is 1.28 bits per heavy atom. The Bertz CT molecular complexity index is 352. The van der Waals surface area contributed by atoms with Crippen molar-refractivity contribution < 1.29 is 13.2 Å². The van der Waals surface area contributed by atoms with Gasteiger partial charge in [0.1, 0.15) is 0 Å². The van der Waals surface area contributed by atoms with E-state index in [-0.39, 0.29) is 0 Å². The Hall–Kier alpha value is -0.170. The van der Waals surface area contributed by atoms with E-state index in [0.29, 0.717) is 31.7 Å². The molecule has 5 nitrogen and oxygen atoms in total. The molecule has 2 aliphatic rings. The molecule has 18 heavy (non-hydrogen) atoms. The number of nitrogens with zero attached hydrogens (tertiary/aromatic N) is 1. The summed E-state index contributed by atoms with van der Waals surface area (Å²) in [4.78, 5) is 0. The van der Waals surface area contributed by atoms with Crippen molar-refractivity contribution in [2.24, 2.45) is 5.92 Å². The highest BCUT2D eigenvalue weighted by atomic mass is 32.2.